The minimum Gasteiger partial charge on any atom is -0.479 e. The van der Waals surface area contributed by atoms with Gasteiger partial charge in [0.1, 0.15) is 17.7 Å². The Morgan fingerprint density at radius 1 is 1.36 bits per heavy atom. The first-order chi connectivity index (χ1) is 6.61. The third-order valence-electron chi connectivity index (χ3n) is 2.02. The van der Waals surface area contributed by atoms with Crippen molar-refractivity contribution < 1.29 is 23.4 Å². The molecule has 1 fully saturated rings. The lowest BCUT2D eigenvalue weighted by Crippen LogP contribution is -2.06. The first-order valence-corrected chi connectivity index (χ1v) is 3.93. The summed E-state index contributed by atoms with van der Waals surface area (Å²) < 4.78 is 30.8. The highest BCUT2D eigenvalue weighted by Gasteiger charge is 2.49. The van der Waals surface area contributed by atoms with E-state index in [0.717, 1.165) is 12.1 Å². The van der Waals surface area contributed by atoms with Crippen LogP contribution in [-0.2, 0) is 9.53 Å². The predicted molar refractivity (Wildman–Crippen MR) is 41.6 cm³/mol. The molecule has 1 saturated heterocycles. The molecule has 0 radical (unpaired) electrons. The van der Waals surface area contributed by atoms with E-state index in [9.17, 15) is 13.6 Å². The third-order valence-corrected chi connectivity index (χ3v) is 2.02. The quantitative estimate of drug-likeness (QED) is 0.736. The molecule has 0 aromatic heterocycles. The van der Waals surface area contributed by atoms with Crippen molar-refractivity contribution in [2.45, 2.75) is 12.2 Å². The molecule has 1 aliphatic heterocycles. The fourth-order valence-electron chi connectivity index (χ4n) is 1.30. The maximum Gasteiger partial charge on any atom is 0.335 e. The molecule has 0 aliphatic carbocycles. The molecular weight excluding hydrogens is 194 g/mol. The normalized spacial score (nSPS) is 24.7. The smallest absolute Gasteiger partial charge is 0.335 e. The van der Waals surface area contributed by atoms with E-state index in [4.69, 9.17) is 5.11 Å². The van der Waals surface area contributed by atoms with E-state index in [1.807, 2.05) is 0 Å². The molecule has 1 aromatic carbocycles. The van der Waals surface area contributed by atoms with Crippen LogP contribution in [0.3, 0.4) is 0 Å². The number of carbonyl (C=O) groups is 1. The van der Waals surface area contributed by atoms with Crippen LogP contribution in [0, 0.1) is 11.6 Å². The van der Waals surface area contributed by atoms with Gasteiger partial charge in [0.2, 0.25) is 0 Å². The van der Waals surface area contributed by atoms with Crippen molar-refractivity contribution in [1.82, 2.24) is 0 Å². The van der Waals surface area contributed by atoms with Crippen molar-refractivity contribution in [3.63, 3.8) is 0 Å². The Kier molecular flexibility index (Phi) is 1.96. The van der Waals surface area contributed by atoms with Gasteiger partial charge in [0, 0.05) is 0 Å². The fourth-order valence-corrected chi connectivity index (χ4v) is 1.30. The SMILES string of the molecule is O=C(O)[C@H]1O[C@@H]1c1c(F)cccc1F. The predicted octanol–water partition coefficient (Wildman–Crippen LogP) is 1.49. The minimum absolute atomic E-state index is 0.306. The van der Waals surface area contributed by atoms with Gasteiger partial charge in [-0.3, -0.25) is 0 Å². The highest BCUT2D eigenvalue weighted by Crippen LogP contribution is 2.41. The molecule has 1 N–H and O–H groups in total. The van der Waals surface area contributed by atoms with Crippen LogP contribution >= 0.6 is 0 Å². The van der Waals surface area contributed by atoms with Gasteiger partial charge < -0.3 is 9.84 Å². The van der Waals surface area contributed by atoms with Crippen LogP contribution < -0.4 is 0 Å². The van der Waals surface area contributed by atoms with Gasteiger partial charge in [-0.15, -0.1) is 0 Å². The van der Waals surface area contributed by atoms with Crippen molar-refractivity contribution in [3.05, 3.63) is 35.4 Å². The molecule has 74 valence electrons. The summed E-state index contributed by atoms with van der Waals surface area (Å²) in [6.07, 6.45) is -2.12. The zero-order chi connectivity index (χ0) is 10.3. The fraction of sp³-hybridized carbons (Fsp3) is 0.222. The average Bonchev–Trinajstić information content (AvgIpc) is 2.83. The number of rotatable bonds is 2. The zero-order valence-electron chi connectivity index (χ0n) is 6.91. The Morgan fingerprint density at radius 3 is 2.36 bits per heavy atom. The minimum atomic E-state index is -1.21. The summed E-state index contributed by atoms with van der Waals surface area (Å²) in [5, 5.41) is 8.50. The van der Waals surface area contributed by atoms with Gasteiger partial charge in [-0.2, -0.15) is 0 Å². The van der Waals surface area contributed by atoms with Crippen LogP contribution in [0.15, 0.2) is 18.2 Å². The third kappa shape index (κ3) is 1.35. The lowest BCUT2D eigenvalue weighted by Gasteiger charge is -1.99. The number of benzene rings is 1. The largest absolute Gasteiger partial charge is 0.479 e. The topological polar surface area (TPSA) is 49.8 Å². The maximum absolute atomic E-state index is 13.1. The highest BCUT2D eigenvalue weighted by molar-refractivity contribution is 5.76. The van der Waals surface area contributed by atoms with Crippen LogP contribution in [0.25, 0.3) is 0 Å². The van der Waals surface area contributed by atoms with E-state index < -0.39 is 29.8 Å². The molecule has 0 spiro atoms. The Morgan fingerprint density at radius 2 is 1.93 bits per heavy atom. The van der Waals surface area contributed by atoms with Gasteiger partial charge in [0.05, 0.1) is 5.56 Å². The van der Waals surface area contributed by atoms with Gasteiger partial charge in [0.15, 0.2) is 6.10 Å². The maximum atomic E-state index is 13.1. The summed E-state index contributed by atoms with van der Waals surface area (Å²) >= 11 is 0. The van der Waals surface area contributed by atoms with Crippen molar-refractivity contribution in [3.8, 4) is 0 Å². The van der Waals surface area contributed by atoms with Gasteiger partial charge in [-0.05, 0) is 12.1 Å². The second-order valence-electron chi connectivity index (χ2n) is 2.95. The molecule has 3 nitrogen and oxygen atoms in total. The molecule has 2 rings (SSSR count). The summed E-state index contributed by atoms with van der Waals surface area (Å²) in [5.74, 6) is -2.77. The van der Waals surface area contributed by atoms with Crippen LogP contribution in [0.1, 0.15) is 11.7 Å². The molecule has 2 atom stereocenters. The Balaban J connectivity index is 2.31. The number of hydrogen-bond donors (Lipinski definition) is 1. The second kappa shape index (κ2) is 3.02. The number of halogens is 2. The molecule has 5 heteroatoms. The summed E-state index contributed by atoms with van der Waals surface area (Å²) in [4.78, 5) is 10.4. The first-order valence-electron chi connectivity index (χ1n) is 3.93. The number of carboxylic acids is 1. The molecule has 0 unspecified atom stereocenters. The molecule has 0 amide bonds. The van der Waals surface area contributed by atoms with Crippen molar-refractivity contribution in [2.75, 3.05) is 0 Å². The number of ether oxygens (including phenoxy) is 1. The summed E-state index contributed by atoms with van der Waals surface area (Å²) in [6, 6.07) is 3.35. The number of epoxide rings is 1. The Bertz CT molecular complexity index is 371. The monoisotopic (exact) mass is 200 g/mol. The molecule has 1 aliphatic rings. The lowest BCUT2D eigenvalue weighted by molar-refractivity contribution is -0.138. The molecule has 1 aromatic rings. The van der Waals surface area contributed by atoms with Crippen molar-refractivity contribution in [1.29, 1.82) is 0 Å². The first kappa shape index (κ1) is 9.08. The summed E-state index contributed by atoms with van der Waals surface area (Å²) in [7, 11) is 0. The van der Waals surface area contributed by atoms with Crippen LogP contribution in [-0.4, -0.2) is 17.2 Å². The Hall–Kier alpha value is -1.49. The zero-order valence-corrected chi connectivity index (χ0v) is 6.91. The Labute approximate surface area is 77.9 Å². The van der Waals surface area contributed by atoms with Gasteiger partial charge in [0.25, 0.3) is 0 Å². The van der Waals surface area contributed by atoms with Gasteiger partial charge >= 0.3 is 5.97 Å². The number of carboxylic acid groups (broad SMARTS) is 1. The average molecular weight is 200 g/mol. The molecule has 0 saturated carbocycles. The molecular formula is C9H6F2O3. The summed E-state index contributed by atoms with van der Waals surface area (Å²) in [6.45, 7) is 0. The van der Waals surface area contributed by atoms with E-state index in [1.54, 1.807) is 0 Å². The van der Waals surface area contributed by atoms with Crippen LogP contribution in [0.5, 0.6) is 0 Å². The van der Waals surface area contributed by atoms with E-state index in [-0.39, 0.29) is 5.56 Å². The van der Waals surface area contributed by atoms with Gasteiger partial charge in [-0.1, -0.05) is 6.07 Å². The van der Waals surface area contributed by atoms with E-state index in [2.05, 4.69) is 4.74 Å². The van der Waals surface area contributed by atoms with E-state index >= 15 is 0 Å². The standard InChI is InChI=1S/C9H6F2O3/c10-4-2-1-3-5(11)6(4)7-8(14-7)9(12)13/h1-3,7-8H,(H,12,13)/t7-,8+/m1/s1. The highest BCUT2D eigenvalue weighted by atomic mass is 19.1. The molecule has 0 bridgehead atoms. The molecule has 14 heavy (non-hydrogen) atoms. The number of hydrogen-bond acceptors (Lipinski definition) is 2. The van der Waals surface area contributed by atoms with Crippen LogP contribution in [0.4, 0.5) is 8.78 Å². The summed E-state index contributed by atoms with van der Waals surface area (Å²) in [5.41, 5.74) is -0.306. The lowest BCUT2D eigenvalue weighted by atomic mass is 10.1. The van der Waals surface area contributed by atoms with E-state index in [1.165, 1.54) is 6.07 Å². The van der Waals surface area contributed by atoms with Crippen molar-refractivity contribution in [2.24, 2.45) is 0 Å². The second-order valence-corrected chi connectivity index (χ2v) is 2.95. The van der Waals surface area contributed by atoms with E-state index in [0.29, 0.717) is 0 Å². The van der Waals surface area contributed by atoms with Crippen molar-refractivity contribution >= 4 is 5.97 Å². The van der Waals surface area contributed by atoms with Crippen LogP contribution in [0.2, 0.25) is 0 Å². The van der Waals surface area contributed by atoms with Gasteiger partial charge in [-0.25, -0.2) is 13.6 Å². The number of aliphatic carboxylic acids is 1. The molecule has 1 heterocycles.